The fourth-order valence-corrected chi connectivity index (χ4v) is 4.00. The van der Waals surface area contributed by atoms with E-state index in [1.54, 1.807) is 0 Å². The summed E-state index contributed by atoms with van der Waals surface area (Å²) in [5, 5.41) is 3.21. The molecule has 0 aliphatic heterocycles. The number of hydrogen-bond acceptors (Lipinski definition) is 4. The first-order valence-electron chi connectivity index (χ1n) is 6.35. The highest BCUT2D eigenvalue weighted by molar-refractivity contribution is 7.91. The zero-order chi connectivity index (χ0) is 13.1. The van der Waals surface area contributed by atoms with Gasteiger partial charge in [0.25, 0.3) is 0 Å². The minimum atomic E-state index is -2.87. The van der Waals surface area contributed by atoms with Crippen LogP contribution in [0.15, 0.2) is 0 Å². The van der Waals surface area contributed by atoms with Gasteiger partial charge in [0.05, 0.1) is 5.25 Å². The minimum Gasteiger partial charge on any atom is -0.315 e. The van der Waals surface area contributed by atoms with Crippen LogP contribution in [0.25, 0.3) is 0 Å². The average Bonchev–Trinajstić information content (AvgIpc) is 2.24. The first-order valence-corrected chi connectivity index (χ1v) is 8.31. The van der Waals surface area contributed by atoms with E-state index in [-0.39, 0.29) is 5.25 Å². The highest BCUT2D eigenvalue weighted by atomic mass is 32.2. The normalized spacial score (nSPS) is 28.3. The van der Waals surface area contributed by atoms with Gasteiger partial charge in [-0.2, -0.15) is 0 Å². The average molecular weight is 262 g/mol. The lowest BCUT2D eigenvalue weighted by atomic mass is 9.83. The summed E-state index contributed by atoms with van der Waals surface area (Å²) in [6, 6.07) is 0.398. The predicted molar refractivity (Wildman–Crippen MR) is 72.0 cm³/mol. The summed E-state index contributed by atoms with van der Waals surface area (Å²) < 4.78 is 23.3. The molecule has 0 aromatic heterocycles. The van der Waals surface area contributed by atoms with E-state index in [0.717, 1.165) is 32.2 Å². The van der Waals surface area contributed by atoms with Crippen LogP contribution in [-0.2, 0) is 9.84 Å². The molecule has 1 N–H and O–H groups in total. The van der Waals surface area contributed by atoms with Crippen molar-refractivity contribution in [3.05, 3.63) is 0 Å². The van der Waals surface area contributed by atoms with E-state index in [1.807, 2.05) is 7.05 Å². The molecule has 5 heteroatoms. The smallest absolute Gasteiger partial charge is 0.150 e. The molecule has 3 unspecified atom stereocenters. The monoisotopic (exact) mass is 262 g/mol. The lowest BCUT2D eigenvalue weighted by Gasteiger charge is -2.35. The number of hydrogen-bond donors (Lipinski definition) is 1. The number of nitrogens with one attached hydrogen (secondary N) is 1. The van der Waals surface area contributed by atoms with E-state index in [0.29, 0.717) is 12.0 Å². The van der Waals surface area contributed by atoms with Crippen molar-refractivity contribution in [3.8, 4) is 0 Å². The Hall–Kier alpha value is -0.130. The highest BCUT2D eigenvalue weighted by Crippen LogP contribution is 2.30. The van der Waals surface area contributed by atoms with Gasteiger partial charge in [0.1, 0.15) is 9.84 Å². The maximum Gasteiger partial charge on any atom is 0.150 e. The van der Waals surface area contributed by atoms with E-state index < -0.39 is 9.84 Å². The van der Waals surface area contributed by atoms with E-state index in [4.69, 9.17) is 0 Å². The Bertz CT molecular complexity index is 327. The van der Waals surface area contributed by atoms with Crippen molar-refractivity contribution in [3.63, 3.8) is 0 Å². The fraction of sp³-hybridized carbons (Fsp3) is 1.00. The Morgan fingerprint density at radius 1 is 1.35 bits per heavy atom. The Morgan fingerprint density at radius 2 is 2.00 bits per heavy atom. The summed E-state index contributed by atoms with van der Waals surface area (Å²) >= 11 is 0. The van der Waals surface area contributed by atoms with E-state index in [1.165, 1.54) is 6.26 Å². The van der Waals surface area contributed by atoms with E-state index >= 15 is 0 Å². The molecule has 0 bridgehead atoms. The van der Waals surface area contributed by atoms with Gasteiger partial charge in [0, 0.05) is 18.8 Å². The van der Waals surface area contributed by atoms with Gasteiger partial charge in [-0.3, -0.25) is 0 Å². The van der Waals surface area contributed by atoms with Crippen LogP contribution in [0.3, 0.4) is 0 Å². The van der Waals surface area contributed by atoms with Crippen molar-refractivity contribution in [1.82, 2.24) is 10.2 Å². The lowest BCUT2D eigenvalue weighted by molar-refractivity contribution is 0.231. The second kappa shape index (κ2) is 6.16. The van der Waals surface area contributed by atoms with Crippen LogP contribution in [-0.4, -0.2) is 58.6 Å². The molecule has 1 saturated carbocycles. The topological polar surface area (TPSA) is 49.4 Å². The molecule has 4 nitrogen and oxygen atoms in total. The van der Waals surface area contributed by atoms with Crippen molar-refractivity contribution in [2.24, 2.45) is 5.92 Å². The van der Waals surface area contributed by atoms with Crippen molar-refractivity contribution in [2.45, 2.75) is 37.0 Å². The Morgan fingerprint density at radius 3 is 2.47 bits per heavy atom. The highest BCUT2D eigenvalue weighted by Gasteiger charge is 2.32. The maximum atomic E-state index is 11.6. The number of sulfone groups is 1. The molecule has 1 aliphatic rings. The second-order valence-electron chi connectivity index (χ2n) is 5.54. The zero-order valence-electron chi connectivity index (χ0n) is 11.4. The van der Waals surface area contributed by atoms with Crippen molar-refractivity contribution in [1.29, 1.82) is 0 Å². The van der Waals surface area contributed by atoms with Gasteiger partial charge in [-0.15, -0.1) is 0 Å². The molecule has 17 heavy (non-hydrogen) atoms. The molecular formula is C12H26N2O2S. The summed E-state index contributed by atoms with van der Waals surface area (Å²) in [7, 11) is 3.21. The number of likely N-dealkylation sites (N-methyl/N-ethyl adjacent to an activating group) is 2. The Kier molecular flexibility index (Phi) is 5.41. The third-order valence-corrected chi connectivity index (χ3v) is 5.41. The van der Waals surface area contributed by atoms with E-state index in [9.17, 15) is 8.42 Å². The third kappa shape index (κ3) is 4.56. The first-order chi connectivity index (χ1) is 7.84. The van der Waals surface area contributed by atoms with Gasteiger partial charge in [-0.25, -0.2) is 8.42 Å². The molecule has 3 atom stereocenters. The first kappa shape index (κ1) is 14.9. The molecule has 0 aromatic carbocycles. The quantitative estimate of drug-likeness (QED) is 0.794. The van der Waals surface area contributed by atoms with Gasteiger partial charge in [0.15, 0.2) is 0 Å². The lowest BCUT2D eigenvalue weighted by Crippen LogP contribution is -2.45. The SMILES string of the molecule is CNC(CN(C)C)C1CCCC(S(C)(=O)=O)C1. The minimum absolute atomic E-state index is 0.126. The summed E-state index contributed by atoms with van der Waals surface area (Å²) in [6.45, 7) is 0.970. The van der Waals surface area contributed by atoms with Crippen molar-refractivity contribution in [2.75, 3.05) is 33.9 Å². The summed E-state index contributed by atoms with van der Waals surface area (Å²) in [4.78, 5) is 2.16. The van der Waals surface area contributed by atoms with Crippen molar-refractivity contribution >= 4 is 9.84 Å². The zero-order valence-corrected chi connectivity index (χ0v) is 12.3. The molecule has 1 rings (SSSR count). The number of nitrogens with zero attached hydrogens (tertiary/aromatic N) is 1. The predicted octanol–water partition coefficient (Wildman–Crippen LogP) is 0.739. The summed E-state index contributed by atoms with van der Waals surface area (Å²) in [5.41, 5.74) is 0. The largest absolute Gasteiger partial charge is 0.315 e. The third-order valence-electron chi connectivity index (χ3n) is 3.77. The molecule has 0 heterocycles. The van der Waals surface area contributed by atoms with Crippen molar-refractivity contribution < 1.29 is 8.42 Å². The van der Waals surface area contributed by atoms with Gasteiger partial charge >= 0.3 is 0 Å². The van der Waals surface area contributed by atoms with Crippen LogP contribution in [0.2, 0.25) is 0 Å². The molecule has 0 radical (unpaired) electrons. The van der Waals surface area contributed by atoms with Gasteiger partial charge in [0.2, 0.25) is 0 Å². The molecule has 1 aliphatic carbocycles. The molecule has 0 saturated heterocycles. The maximum absolute atomic E-state index is 11.6. The van der Waals surface area contributed by atoms with Gasteiger partial charge < -0.3 is 10.2 Å². The Labute approximate surface area is 106 Å². The molecule has 0 amide bonds. The fourth-order valence-electron chi connectivity index (χ4n) is 2.80. The van der Waals surface area contributed by atoms with Crippen LogP contribution in [0, 0.1) is 5.92 Å². The molecular weight excluding hydrogens is 236 g/mol. The second-order valence-corrected chi connectivity index (χ2v) is 7.86. The number of rotatable bonds is 5. The summed E-state index contributed by atoms with van der Waals surface area (Å²) in [6.07, 6.45) is 5.21. The molecule has 1 fully saturated rings. The van der Waals surface area contributed by atoms with Crippen LogP contribution in [0.1, 0.15) is 25.7 Å². The molecule has 0 spiro atoms. The van der Waals surface area contributed by atoms with Crippen LogP contribution in [0.4, 0.5) is 0 Å². The Balaban J connectivity index is 2.64. The van der Waals surface area contributed by atoms with Crippen LogP contribution < -0.4 is 5.32 Å². The molecule has 0 aromatic rings. The summed E-state index contributed by atoms with van der Waals surface area (Å²) in [5.74, 6) is 0.482. The van der Waals surface area contributed by atoms with Gasteiger partial charge in [-0.1, -0.05) is 6.42 Å². The van der Waals surface area contributed by atoms with Crippen LogP contribution >= 0.6 is 0 Å². The van der Waals surface area contributed by atoms with E-state index in [2.05, 4.69) is 24.3 Å². The van der Waals surface area contributed by atoms with Crippen LogP contribution in [0.5, 0.6) is 0 Å². The molecule has 102 valence electrons. The van der Waals surface area contributed by atoms with Gasteiger partial charge in [-0.05, 0) is 46.3 Å². The standard InChI is InChI=1S/C12H26N2O2S/c1-13-12(9-14(2)3)10-6-5-7-11(8-10)17(4,15)16/h10-13H,5-9H2,1-4H3.